The summed E-state index contributed by atoms with van der Waals surface area (Å²) in [6, 6.07) is 0. The molecule has 2 N–H and O–H groups in total. The van der Waals surface area contributed by atoms with Gasteiger partial charge in [-0.25, -0.2) is 0 Å². The molecular weight excluding hydrogens is 364 g/mol. The highest BCUT2D eigenvalue weighted by atomic mass is 14.9. The quantitative estimate of drug-likeness (QED) is 0.123. The summed E-state index contributed by atoms with van der Waals surface area (Å²) in [4.78, 5) is 0. The van der Waals surface area contributed by atoms with Gasteiger partial charge in [0, 0.05) is 12.3 Å². The molecule has 0 aliphatic rings. The Bertz CT molecular complexity index is 483. The number of hydrogen-bond donors (Lipinski definition) is 2. The van der Waals surface area contributed by atoms with Gasteiger partial charge in [-0.3, -0.25) is 0 Å². The van der Waals surface area contributed by atoms with Crippen LogP contribution in [0.2, 0.25) is 0 Å². The van der Waals surface area contributed by atoms with E-state index in [0.29, 0.717) is 5.92 Å². The highest BCUT2D eigenvalue weighted by molar-refractivity contribution is 5.83. The molecule has 0 spiro atoms. The molecule has 0 amide bonds. The first-order valence-corrected chi connectivity index (χ1v) is 12.8. The molecule has 0 aromatic rings. The van der Waals surface area contributed by atoms with Crippen molar-refractivity contribution >= 4 is 5.71 Å². The van der Waals surface area contributed by atoms with Crippen molar-refractivity contribution < 1.29 is 0 Å². The predicted molar refractivity (Wildman–Crippen MR) is 138 cm³/mol. The standard InChI is InChI=1S/C28H54N2/c1-8-27(22-30-21-20-28(29)24(4)5)19-12-11-17-25(6)15-9-10-16-26(7)18-13-14-23(2)3/h14,16,24-25,27,29-30H,8-13,15,17-22H2,1-7H3. The Hall–Kier alpha value is -0.890. The molecule has 0 aliphatic carbocycles. The van der Waals surface area contributed by atoms with E-state index < -0.39 is 0 Å². The van der Waals surface area contributed by atoms with E-state index in [1.165, 1.54) is 69.8 Å². The van der Waals surface area contributed by atoms with Crippen molar-refractivity contribution in [3.63, 3.8) is 0 Å². The second-order valence-corrected chi connectivity index (χ2v) is 10.1. The highest BCUT2D eigenvalue weighted by Gasteiger charge is 2.08. The fourth-order valence-electron chi connectivity index (χ4n) is 3.84. The zero-order chi connectivity index (χ0) is 22.8. The van der Waals surface area contributed by atoms with Gasteiger partial charge in [-0.05, 0) is 83.6 Å². The van der Waals surface area contributed by atoms with Crippen LogP contribution in [0.4, 0.5) is 0 Å². The summed E-state index contributed by atoms with van der Waals surface area (Å²) in [5, 5.41) is 11.5. The first-order valence-electron chi connectivity index (χ1n) is 12.8. The zero-order valence-electron chi connectivity index (χ0n) is 21.6. The summed E-state index contributed by atoms with van der Waals surface area (Å²) < 4.78 is 0. The lowest BCUT2D eigenvalue weighted by atomic mass is 9.93. The molecule has 2 nitrogen and oxygen atoms in total. The number of allylic oxidation sites excluding steroid dienone is 4. The van der Waals surface area contributed by atoms with Gasteiger partial charge in [-0.1, -0.05) is 83.1 Å². The molecule has 2 unspecified atom stereocenters. The molecule has 0 aliphatic heterocycles. The van der Waals surface area contributed by atoms with Gasteiger partial charge in [0.2, 0.25) is 0 Å². The lowest BCUT2D eigenvalue weighted by molar-refractivity contribution is 0.393. The Morgan fingerprint density at radius 1 is 0.867 bits per heavy atom. The van der Waals surface area contributed by atoms with Gasteiger partial charge in [0.15, 0.2) is 0 Å². The third-order valence-electron chi connectivity index (χ3n) is 6.32. The second kappa shape index (κ2) is 18.8. The van der Waals surface area contributed by atoms with Gasteiger partial charge in [-0.15, -0.1) is 0 Å². The summed E-state index contributed by atoms with van der Waals surface area (Å²) in [6.45, 7) is 17.7. The van der Waals surface area contributed by atoms with Crippen LogP contribution in [0.3, 0.4) is 0 Å². The van der Waals surface area contributed by atoms with Crippen molar-refractivity contribution in [3.05, 3.63) is 23.3 Å². The third kappa shape index (κ3) is 17.9. The Balaban J connectivity index is 3.75. The van der Waals surface area contributed by atoms with E-state index in [2.05, 4.69) is 65.9 Å². The minimum atomic E-state index is 0.392. The Morgan fingerprint density at radius 2 is 1.53 bits per heavy atom. The van der Waals surface area contributed by atoms with Crippen LogP contribution in [0.25, 0.3) is 0 Å². The molecule has 2 atom stereocenters. The molecule has 0 rings (SSSR count). The van der Waals surface area contributed by atoms with Gasteiger partial charge in [0.25, 0.3) is 0 Å². The minimum absolute atomic E-state index is 0.392. The lowest BCUT2D eigenvalue weighted by Crippen LogP contribution is -2.25. The molecular formula is C28H54N2. The van der Waals surface area contributed by atoms with E-state index in [1.807, 2.05) is 0 Å². The van der Waals surface area contributed by atoms with Crippen molar-refractivity contribution in [3.8, 4) is 0 Å². The van der Waals surface area contributed by atoms with E-state index in [-0.39, 0.29) is 0 Å². The summed E-state index contributed by atoms with van der Waals surface area (Å²) in [5.41, 5.74) is 3.86. The fourth-order valence-corrected chi connectivity index (χ4v) is 3.84. The van der Waals surface area contributed by atoms with E-state index in [1.54, 1.807) is 5.57 Å². The zero-order valence-corrected chi connectivity index (χ0v) is 21.6. The molecule has 0 saturated heterocycles. The first kappa shape index (κ1) is 29.1. The van der Waals surface area contributed by atoms with Crippen LogP contribution in [-0.4, -0.2) is 18.8 Å². The third-order valence-corrected chi connectivity index (χ3v) is 6.32. The van der Waals surface area contributed by atoms with E-state index in [0.717, 1.165) is 37.1 Å². The van der Waals surface area contributed by atoms with Crippen molar-refractivity contribution in [2.24, 2.45) is 17.8 Å². The average molecular weight is 419 g/mol. The summed E-state index contributed by atoms with van der Waals surface area (Å²) in [6.07, 6.45) is 18.8. The van der Waals surface area contributed by atoms with Gasteiger partial charge in [0.05, 0.1) is 0 Å². The molecule has 176 valence electrons. The first-order chi connectivity index (χ1) is 14.3. The smallest absolute Gasteiger partial charge is 0.0127 e. The van der Waals surface area contributed by atoms with Crippen molar-refractivity contribution in [1.82, 2.24) is 5.32 Å². The molecule has 0 radical (unpaired) electrons. The van der Waals surface area contributed by atoms with E-state index >= 15 is 0 Å². The second-order valence-electron chi connectivity index (χ2n) is 10.1. The van der Waals surface area contributed by atoms with Crippen LogP contribution in [0, 0.1) is 23.2 Å². The Labute approximate surface area is 189 Å². The maximum atomic E-state index is 7.93. The highest BCUT2D eigenvalue weighted by Crippen LogP contribution is 2.19. The molecule has 30 heavy (non-hydrogen) atoms. The van der Waals surface area contributed by atoms with Gasteiger partial charge in [0.1, 0.15) is 0 Å². The molecule has 0 saturated carbocycles. The van der Waals surface area contributed by atoms with Crippen molar-refractivity contribution in [1.29, 1.82) is 5.41 Å². The lowest BCUT2D eigenvalue weighted by Gasteiger charge is -2.17. The molecule has 0 fully saturated rings. The molecule has 2 heteroatoms. The average Bonchev–Trinajstić information content (AvgIpc) is 2.69. The van der Waals surface area contributed by atoms with Crippen LogP contribution in [-0.2, 0) is 0 Å². The number of nitrogens with one attached hydrogen (secondary N) is 2. The van der Waals surface area contributed by atoms with Crippen LogP contribution in [0.5, 0.6) is 0 Å². The number of unbranched alkanes of at least 4 members (excludes halogenated alkanes) is 2. The maximum absolute atomic E-state index is 7.93. The molecule has 0 aromatic carbocycles. The monoisotopic (exact) mass is 418 g/mol. The Morgan fingerprint density at radius 3 is 2.17 bits per heavy atom. The Kier molecular flexibility index (Phi) is 18.3. The minimum Gasteiger partial charge on any atom is -0.316 e. The molecule has 0 bridgehead atoms. The van der Waals surface area contributed by atoms with Crippen LogP contribution < -0.4 is 5.32 Å². The van der Waals surface area contributed by atoms with Crippen LogP contribution in [0.15, 0.2) is 23.3 Å². The van der Waals surface area contributed by atoms with E-state index in [9.17, 15) is 0 Å². The van der Waals surface area contributed by atoms with Gasteiger partial charge < -0.3 is 10.7 Å². The maximum Gasteiger partial charge on any atom is 0.0127 e. The van der Waals surface area contributed by atoms with Gasteiger partial charge in [-0.2, -0.15) is 0 Å². The summed E-state index contributed by atoms with van der Waals surface area (Å²) in [7, 11) is 0. The topological polar surface area (TPSA) is 35.9 Å². The van der Waals surface area contributed by atoms with Crippen molar-refractivity contribution in [2.75, 3.05) is 13.1 Å². The molecule has 0 aromatic heterocycles. The van der Waals surface area contributed by atoms with Crippen molar-refractivity contribution in [2.45, 2.75) is 119 Å². The SMILES string of the molecule is CCC(CCCCC(C)CCCC=C(C)CCC=C(C)C)CNCCC(=N)C(C)C. The fraction of sp³-hybridized carbons (Fsp3) is 0.821. The van der Waals surface area contributed by atoms with Crippen LogP contribution >= 0.6 is 0 Å². The summed E-state index contributed by atoms with van der Waals surface area (Å²) in [5.74, 6) is 2.06. The van der Waals surface area contributed by atoms with Gasteiger partial charge >= 0.3 is 0 Å². The van der Waals surface area contributed by atoms with E-state index in [4.69, 9.17) is 5.41 Å². The largest absolute Gasteiger partial charge is 0.316 e. The predicted octanol–water partition coefficient (Wildman–Crippen LogP) is 8.73. The van der Waals surface area contributed by atoms with Crippen LogP contribution in [0.1, 0.15) is 119 Å². The molecule has 0 heterocycles. The number of hydrogen-bond acceptors (Lipinski definition) is 2. The normalized spacial score (nSPS) is 14.1. The number of rotatable bonds is 19. The summed E-state index contributed by atoms with van der Waals surface area (Å²) >= 11 is 0.